The van der Waals surface area contributed by atoms with Gasteiger partial charge in [0, 0.05) is 6.54 Å². The Hall–Kier alpha value is -1.28. The second-order valence-corrected chi connectivity index (χ2v) is 5.19. The molecule has 1 heterocycles. The molecular formula is C8H15N5O2S. The quantitative estimate of drug-likeness (QED) is 0.681. The van der Waals surface area contributed by atoms with E-state index in [9.17, 15) is 8.42 Å². The van der Waals surface area contributed by atoms with Crippen molar-refractivity contribution >= 4 is 16.0 Å². The van der Waals surface area contributed by atoms with Crippen LogP contribution in [-0.2, 0) is 10.0 Å². The highest BCUT2D eigenvalue weighted by Gasteiger charge is 2.03. The molecule has 0 fully saturated rings. The number of nitrogens with two attached hydrogens (primary N) is 1. The fourth-order valence-corrected chi connectivity index (χ4v) is 1.55. The molecule has 1 aromatic heterocycles. The summed E-state index contributed by atoms with van der Waals surface area (Å²) in [7, 11) is -3.39. The molecule has 1 aromatic rings. The fourth-order valence-electron chi connectivity index (χ4n) is 1.01. The molecule has 0 atom stereocenters. The van der Waals surface area contributed by atoms with Gasteiger partial charge in [-0.25, -0.2) is 18.5 Å². The Morgan fingerprint density at radius 2 is 1.94 bits per heavy atom. The lowest BCUT2D eigenvalue weighted by Crippen LogP contribution is -2.19. The molecule has 90 valence electrons. The zero-order valence-electron chi connectivity index (χ0n) is 9.27. The summed E-state index contributed by atoms with van der Waals surface area (Å²) in [6.45, 7) is 4.10. The SMILES string of the molecule is Cc1nnc(NCCCS(N)(=O)=O)nc1C. The first-order valence-corrected chi connectivity index (χ1v) is 6.52. The number of primary sulfonamides is 1. The lowest BCUT2D eigenvalue weighted by atomic mass is 10.4. The predicted molar refractivity (Wildman–Crippen MR) is 60.4 cm³/mol. The third kappa shape index (κ3) is 4.49. The topological polar surface area (TPSA) is 111 Å². The molecule has 3 N–H and O–H groups in total. The first-order valence-electron chi connectivity index (χ1n) is 4.81. The molecule has 0 aliphatic carbocycles. The summed E-state index contributed by atoms with van der Waals surface area (Å²) < 4.78 is 21.3. The van der Waals surface area contributed by atoms with Gasteiger partial charge in [0.25, 0.3) is 0 Å². The maximum Gasteiger partial charge on any atom is 0.242 e. The fraction of sp³-hybridized carbons (Fsp3) is 0.625. The van der Waals surface area contributed by atoms with E-state index >= 15 is 0 Å². The number of hydrogen-bond donors (Lipinski definition) is 2. The molecule has 0 saturated carbocycles. The first kappa shape index (κ1) is 12.8. The Morgan fingerprint density at radius 1 is 1.25 bits per heavy atom. The average molecular weight is 245 g/mol. The number of nitrogens with zero attached hydrogens (tertiary/aromatic N) is 3. The molecule has 8 heteroatoms. The van der Waals surface area contributed by atoms with E-state index in [-0.39, 0.29) is 5.75 Å². The Kier molecular flexibility index (Phi) is 4.13. The second kappa shape index (κ2) is 5.17. The van der Waals surface area contributed by atoms with Gasteiger partial charge >= 0.3 is 0 Å². The Bertz CT molecular complexity index is 459. The molecule has 0 spiro atoms. The van der Waals surface area contributed by atoms with Crippen molar-refractivity contribution in [2.45, 2.75) is 20.3 Å². The van der Waals surface area contributed by atoms with Crippen LogP contribution < -0.4 is 10.5 Å². The molecule has 0 aromatic carbocycles. The maximum atomic E-state index is 10.6. The van der Waals surface area contributed by atoms with Crippen LogP contribution in [0.4, 0.5) is 5.95 Å². The summed E-state index contributed by atoms with van der Waals surface area (Å²) in [6.07, 6.45) is 0.412. The summed E-state index contributed by atoms with van der Waals surface area (Å²) in [6, 6.07) is 0. The minimum Gasteiger partial charge on any atom is -0.353 e. The number of nitrogens with one attached hydrogen (secondary N) is 1. The zero-order chi connectivity index (χ0) is 12.2. The standard InChI is InChI=1S/C8H15N5O2S/c1-6-7(2)12-13-8(11-6)10-4-3-5-16(9,14)15/h3-5H2,1-2H3,(H2,9,14,15)(H,10,11,13). The van der Waals surface area contributed by atoms with Crippen molar-refractivity contribution in [3.8, 4) is 0 Å². The van der Waals surface area contributed by atoms with Crippen molar-refractivity contribution in [3.05, 3.63) is 11.4 Å². The van der Waals surface area contributed by atoms with E-state index in [2.05, 4.69) is 20.5 Å². The van der Waals surface area contributed by atoms with Gasteiger partial charge in [0.15, 0.2) is 0 Å². The van der Waals surface area contributed by atoms with E-state index in [1.165, 1.54) is 0 Å². The van der Waals surface area contributed by atoms with Crippen LogP contribution in [0.2, 0.25) is 0 Å². The van der Waals surface area contributed by atoms with Crippen molar-refractivity contribution < 1.29 is 8.42 Å². The highest BCUT2D eigenvalue weighted by atomic mass is 32.2. The van der Waals surface area contributed by atoms with E-state index in [0.29, 0.717) is 18.9 Å². The van der Waals surface area contributed by atoms with Gasteiger partial charge in [-0.05, 0) is 20.3 Å². The number of aryl methyl sites for hydroxylation is 2. The average Bonchev–Trinajstić information content (AvgIpc) is 2.17. The number of rotatable bonds is 5. The van der Waals surface area contributed by atoms with Crippen LogP contribution in [0.25, 0.3) is 0 Å². The van der Waals surface area contributed by atoms with Crippen molar-refractivity contribution in [2.24, 2.45) is 5.14 Å². The smallest absolute Gasteiger partial charge is 0.242 e. The lowest BCUT2D eigenvalue weighted by Gasteiger charge is -2.04. The molecule has 16 heavy (non-hydrogen) atoms. The lowest BCUT2D eigenvalue weighted by molar-refractivity contribution is 0.595. The van der Waals surface area contributed by atoms with Crippen molar-refractivity contribution in [2.75, 3.05) is 17.6 Å². The molecule has 1 rings (SSSR count). The first-order chi connectivity index (χ1) is 7.38. The predicted octanol–water partition coefficient (Wildman–Crippen LogP) is -0.421. The van der Waals surface area contributed by atoms with Gasteiger partial charge in [-0.1, -0.05) is 0 Å². The summed E-state index contributed by atoms with van der Waals surface area (Å²) in [5.74, 6) is 0.343. The van der Waals surface area contributed by atoms with Crippen LogP contribution in [0.1, 0.15) is 17.8 Å². The Labute approximate surface area is 94.5 Å². The second-order valence-electron chi connectivity index (χ2n) is 3.45. The summed E-state index contributed by atoms with van der Waals surface area (Å²) in [4.78, 5) is 4.14. The number of sulfonamides is 1. The normalized spacial score (nSPS) is 11.4. The number of hydrogen-bond acceptors (Lipinski definition) is 6. The van der Waals surface area contributed by atoms with Crippen LogP contribution in [0.3, 0.4) is 0 Å². The number of aromatic nitrogens is 3. The van der Waals surface area contributed by atoms with Crippen LogP contribution >= 0.6 is 0 Å². The minimum atomic E-state index is -3.39. The van der Waals surface area contributed by atoms with E-state index in [0.717, 1.165) is 11.4 Å². The highest BCUT2D eigenvalue weighted by molar-refractivity contribution is 7.89. The van der Waals surface area contributed by atoms with Crippen molar-refractivity contribution in [3.63, 3.8) is 0 Å². The van der Waals surface area contributed by atoms with E-state index < -0.39 is 10.0 Å². The van der Waals surface area contributed by atoms with E-state index in [1.807, 2.05) is 13.8 Å². The molecule has 7 nitrogen and oxygen atoms in total. The third-order valence-electron chi connectivity index (χ3n) is 1.98. The maximum absolute atomic E-state index is 10.6. The molecule has 0 aliphatic heterocycles. The van der Waals surface area contributed by atoms with Gasteiger partial charge in [0.05, 0.1) is 17.1 Å². The van der Waals surface area contributed by atoms with E-state index in [1.54, 1.807) is 0 Å². The highest BCUT2D eigenvalue weighted by Crippen LogP contribution is 2.01. The van der Waals surface area contributed by atoms with Crippen LogP contribution in [0, 0.1) is 13.8 Å². The Balaban J connectivity index is 2.41. The van der Waals surface area contributed by atoms with Gasteiger partial charge in [0.1, 0.15) is 0 Å². The van der Waals surface area contributed by atoms with Gasteiger partial charge in [-0.3, -0.25) is 0 Å². The van der Waals surface area contributed by atoms with Crippen molar-refractivity contribution in [1.82, 2.24) is 15.2 Å². The third-order valence-corrected chi connectivity index (χ3v) is 2.84. The molecule has 0 unspecified atom stereocenters. The van der Waals surface area contributed by atoms with Crippen LogP contribution in [0.15, 0.2) is 0 Å². The molecule has 0 aliphatic rings. The summed E-state index contributed by atoms with van der Waals surface area (Å²) in [5, 5.41) is 15.4. The van der Waals surface area contributed by atoms with Crippen LogP contribution in [0.5, 0.6) is 0 Å². The van der Waals surface area contributed by atoms with Gasteiger partial charge in [0.2, 0.25) is 16.0 Å². The van der Waals surface area contributed by atoms with Crippen molar-refractivity contribution in [1.29, 1.82) is 0 Å². The number of anilines is 1. The Morgan fingerprint density at radius 3 is 2.50 bits per heavy atom. The summed E-state index contributed by atoms with van der Waals surface area (Å²) >= 11 is 0. The summed E-state index contributed by atoms with van der Waals surface area (Å²) in [5.41, 5.74) is 1.57. The minimum absolute atomic E-state index is 0.0573. The van der Waals surface area contributed by atoms with Crippen LogP contribution in [-0.4, -0.2) is 35.9 Å². The zero-order valence-corrected chi connectivity index (χ0v) is 10.1. The molecule has 0 saturated heterocycles. The van der Waals surface area contributed by atoms with Gasteiger partial charge < -0.3 is 5.32 Å². The monoisotopic (exact) mass is 245 g/mol. The molecule has 0 amide bonds. The molecule has 0 bridgehead atoms. The molecule has 0 radical (unpaired) electrons. The van der Waals surface area contributed by atoms with Gasteiger partial charge in [-0.2, -0.15) is 5.10 Å². The van der Waals surface area contributed by atoms with Gasteiger partial charge in [-0.15, -0.1) is 5.10 Å². The molecular weight excluding hydrogens is 230 g/mol. The van der Waals surface area contributed by atoms with E-state index in [4.69, 9.17) is 5.14 Å². The largest absolute Gasteiger partial charge is 0.353 e.